The average Bonchev–Trinajstić information content (AvgIpc) is 2.65. The molecular formula is C21H18ClNO3. The predicted molar refractivity (Wildman–Crippen MR) is 103 cm³/mol. The minimum absolute atomic E-state index is 0.297. The normalized spacial score (nSPS) is 11.5. The van der Waals surface area contributed by atoms with Gasteiger partial charge in [-0.05, 0) is 49.4 Å². The number of para-hydroxylation sites is 2. The van der Waals surface area contributed by atoms with E-state index in [4.69, 9.17) is 21.1 Å². The highest BCUT2D eigenvalue weighted by Crippen LogP contribution is 2.32. The lowest BCUT2D eigenvalue weighted by Crippen LogP contribution is -2.30. The number of hydrogen-bond donors (Lipinski definition) is 1. The first-order valence-electron chi connectivity index (χ1n) is 8.17. The Kier molecular flexibility index (Phi) is 5.77. The summed E-state index contributed by atoms with van der Waals surface area (Å²) < 4.78 is 11.5. The number of nitrogens with one attached hydrogen (secondary N) is 1. The van der Waals surface area contributed by atoms with E-state index in [1.54, 1.807) is 37.3 Å². The number of halogens is 1. The molecule has 0 aliphatic carbocycles. The Bertz CT molecular complexity index is 869. The van der Waals surface area contributed by atoms with Crippen LogP contribution in [0, 0.1) is 0 Å². The molecule has 3 aromatic carbocycles. The molecule has 0 aromatic heterocycles. The van der Waals surface area contributed by atoms with Gasteiger partial charge in [0.25, 0.3) is 5.91 Å². The van der Waals surface area contributed by atoms with Gasteiger partial charge in [-0.1, -0.05) is 48.0 Å². The van der Waals surface area contributed by atoms with E-state index in [2.05, 4.69) is 5.32 Å². The van der Waals surface area contributed by atoms with E-state index in [9.17, 15) is 4.79 Å². The third-order valence-electron chi connectivity index (χ3n) is 3.60. The lowest BCUT2D eigenvalue weighted by molar-refractivity contribution is -0.122. The fraction of sp³-hybridized carbons (Fsp3) is 0.0952. The molecule has 1 N–H and O–H groups in total. The fourth-order valence-electron chi connectivity index (χ4n) is 2.30. The molecule has 0 aliphatic heterocycles. The van der Waals surface area contributed by atoms with Crippen molar-refractivity contribution in [3.63, 3.8) is 0 Å². The molecule has 3 aromatic rings. The molecule has 0 unspecified atom stereocenters. The predicted octanol–water partition coefficient (Wildman–Crippen LogP) is 5.54. The molecule has 0 spiro atoms. The van der Waals surface area contributed by atoms with E-state index in [0.29, 0.717) is 28.0 Å². The number of amides is 1. The van der Waals surface area contributed by atoms with Gasteiger partial charge in [-0.15, -0.1) is 0 Å². The smallest absolute Gasteiger partial charge is 0.265 e. The van der Waals surface area contributed by atoms with Crippen LogP contribution >= 0.6 is 11.6 Å². The van der Waals surface area contributed by atoms with Gasteiger partial charge in [-0.2, -0.15) is 0 Å². The van der Waals surface area contributed by atoms with E-state index in [-0.39, 0.29) is 5.91 Å². The van der Waals surface area contributed by atoms with Crippen LogP contribution in [0.4, 0.5) is 5.69 Å². The van der Waals surface area contributed by atoms with Gasteiger partial charge in [0.1, 0.15) is 11.5 Å². The maximum absolute atomic E-state index is 12.5. The summed E-state index contributed by atoms with van der Waals surface area (Å²) in [6, 6.07) is 23.6. The lowest BCUT2D eigenvalue weighted by Gasteiger charge is -2.17. The average molecular weight is 368 g/mol. The molecule has 132 valence electrons. The van der Waals surface area contributed by atoms with Crippen molar-refractivity contribution in [1.82, 2.24) is 0 Å². The van der Waals surface area contributed by atoms with Crippen LogP contribution in [0.25, 0.3) is 0 Å². The van der Waals surface area contributed by atoms with E-state index in [1.807, 2.05) is 48.5 Å². The zero-order chi connectivity index (χ0) is 18.4. The van der Waals surface area contributed by atoms with Gasteiger partial charge in [0.05, 0.1) is 5.69 Å². The quantitative estimate of drug-likeness (QED) is 0.622. The summed E-state index contributed by atoms with van der Waals surface area (Å²) in [5.41, 5.74) is 0.481. The minimum atomic E-state index is -0.680. The van der Waals surface area contributed by atoms with E-state index < -0.39 is 6.10 Å². The van der Waals surface area contributed by atoms with Crippen molar-refractivity contribution in [1.29, 1.82) is 0 Å². The highest BCUT2D eigenvalue weighted by molar-refractivity contribution is 6.31. The summed E-state index contributed by atoms with van der Waals surface area (Å²) in [5.74, 6) is 1.50. The van der Waals surface area contributed by atoms with Crippen LogP contribution in [-0.4, -0.2) is 12.0 Å². The maximum atomic E-state index is 12.5. The number of hydrogen-bond acceptors (Lipinski definition) is 3. The Morgan fingerprint density at radius 3 is 2.19 bits per heavy atom. The Morgan fingerprint density at radius 1 is 0.923 bits per heavy atom. The SMILES string of the molecule is C[C@H](Oc1ccccc1)C(=O)Nc1cc(Cl)ccc1Oc1ccccc1. The van der Waals surface area contributed by atoms with Crippen LogP contribution in [0.5, 0.6) is 17.2 Å². The molecule has 0 saturated heterocycles. The Labute approximate surface area is 157 Å². The number of anilines is 1. The van der Waals surface area contributed by atoms with E-state index in [1.165, 1.54) is 0 Å². The Morgan fingerprint density at radius 2 is 1.54 bits per heavy atom. The van der Waals surface area contributed by atoms with Crippen molar-refractivity contribution in [2.24, 2.45) is 0 Å². The second kappa shape index (κ2) is 8.41. The first kappa shape index (κ1) is 17.8. The molecule has 26 heavy (non-hydrogen) atoms. The van der Waals surface area contributed by atoms with Crippen LogP contribution in [0.3, 0.4) is 0 Å². The van der Waals surface area contributed by atoms with Gasteiger partial charge >= 0.3 is 0 Å². The largest absolute Gasteiger partial charge is 0.481 e. The zero-order valence-electron chi connectivity index (χ0n) is 14.2. The number of ether oxygens (including phenoxy) is 2. The van der Waals surface area contributed by atoms with Crippen LogP contribution in [0.15, 0.2) is 78.9 Å². The molecule has 0 saturated carbocycles. The second-order valence-electron chi connectivity index (χ2n) is 5.62. The molecule has 0 bridgehead atoms. The van der Waals surface area contributed by atoms with Crippen LogP contribution in [0.2, 0.25) is 5.02 Å². The van der Waals surface area contributed by atoms with Crippen LogP contribution in [0.1, 0.15) is 6.92 Å². The lowest BCUT2D eigenvalue weighted by atomic mass is 10.2. The summed E-state index contributed by atoms with van der Waals surface area (Å²) in [7, 11) is 0. The molecular weight excluding hydrogens is 350 g/mol. The molecule has 0 heterocycles. The van der Waals surface area contributed by atoms with Crippen molar-refractivity contribution in [2.75, 3.05) is 5.32 Å². The minimum Gasteiger partial charge on any atom is -0.481 e. The van der Waals surface area contributed by atoms with E-state index >= 15 is 0 Å². The number of carbonyl (C=O) groups excluding carboxylic acids is 1. The van der Waals surface area contributed by atoms with Crippen molar-refractivity contribution in [3.8, 4) is 17.2 Å². The molecule has 0 aliphatic rings. The maximum Gasteiger partial charge on any atom is 0.265 e. The van der Waals surface area contributed by atoms with Crippen LogP contribution < -0.4 is 14.8 Å². The van der Waals surface area contributed by atoms with Crippen molar-refractivity contribution >= 4 is 23.2 Å². The molecule has 0 fully saturated rings. The standard InChI is InChI=1S/C21H18ClNO3/c1-15(25-17-8-4-2-5-9-17)21(24)23-19-14-16(22)12-13-20(19)26-18-10-6-3-7-11-18/h2-15H,1H3,(H,23,24)/t15-/m0/s1. The first-order chi connectivity index (χ1) is 12.6. The van der Waals surface area contributed by atoms with Gasteiger partial charge in [-0.3, -0.25) is 4.79 Å². The third kappa shape index (κ3) is 4.77. The number of carbonyl (C=O) groups is 1. The number of rotatable bonds is 6. The second-order valence-corrected chi connectivity index (χ2v) is 6.05. The van der Waals surface area contributed by atoms with Gasteiger partial charge in [0, 0.05) is 5.02 Å². The summed E-state index contributed by atoms with van der Waals surface area (Å²) in [6.45, 7) is 1.69. The third-order valence-corrected chi connectivity index (χ3v) is 3.83. The Hall–Kier alpha value is -2.98. The summed E-state index contributed by atoms with van der Waals surface area (Å²) >= 11 is 6.07. The topological polar surface area (TPSA) is 47.6 Å². The van der Waals surface area contributed by atoms with Gasteiger partial charge in [-0.25, -0.2) is 0 Å². The monoisotopic (exact) mass is 367 g/mol. The van der Waals surface area contributed by atoms with Crippen molar-refractivity contribution < 1.29 is 14.3 Å². The van der Waals surface area contributed by atoms with Crippen molar-refractivity contribution in [2.45, 2.75) is 13.0 Å². The molecule has 3 rings (SSSR count). The summed E-state index contributed by atoms with van der Waals surface area (Å²) in [6.07, 6.45) is -0.680. The molecule has 1 atom stereocenters. The van der Waals surface area contributed by atoms with Crippen LogP contribution in [-0.2, 0) is 4.79 Å². The summed E-state index contributed by atoms with van der Waals surface area (Å²) in [4.78, 5) is 12.5. The van der Waals surface area contributed by atoms with Gasteiger partial charge in [0.15, 0.2) is 11.9 Å². The zero-order valence-corrected chi connectivity index (χ0v) is 14.9. The Balaban J connectivity index is 1.73. The van der Waals surface area contributed by atoms with Crippen molar-refractivity contribution in [3.05, 3.63) is 83.9 Å². The van der Waals surface area contributed by atoms with Gasteiger partial charge < -0.3 is 14.8 Å². The highest BCUT2D eigenvalue weighted by atomic mass is 35.5. The molecule has 1 amide bonds. The molecule has 5 heteroatoms. The first-order valence-corrected chi connectivity index (χ1v) is 8.54. The summed E-state index contributed by atoms with van der Waals surface area (Å²) in [5, 5.41) is 3.32. The van der Waals surface area contributed by atoms with Gasteiger partial charge in [0.2, 0.25) is 0 Å². The molecule has 4 nitrogen and oxygen atoms in total. The van der Waals surface area contributed by atoms with E-state index in [0.717, 1.165) is 0 Å². The number of benzene rings is 3. The molecule has 0 radical (unpaired) electrons. The fourth-order valence-corrected chi connectivity index (χ4v) is 2.47. The highest BCUT2D eigenvalue weighted by Gasteiger charge is 2.17.